The van der Waals surface area contributed by atoms with Crippen LogP contribution in [0.4, 0.5) is 10.5 Å². The smallest absolute Gasteiger partial charge is 0.321 e. The summed E-state index contributed by atoms with van der Waals surface area (Å²) < 4.78 is 5.25. The summed E-state index contributed by atoms with van der Waals surface area (Å²) in [6, 6.07) is 7.10. The summed E-state index contributed by atoms with van der Waals surface area (Å²) in [5.74, 6) is -0.0382. The van der Waals surface area contributed by atoms with Crippen LogP contribution < -0.4 is 20.7 Å². The normalized spacial score (nSPS) is 14.5. The van der Waals surface area contributed by atoms with Crippen LogP contribution in [-0.4, -0.2) is 56.0 Å². The highest BCUT2D eigenvalue weighted by Crippen LogP contribution is 2.24. The molecule has 154 valence electrons. The number of hydrogen-bond acceptors (Lipinski definition) is 4. The number of methoxy groups -OCH3 is 1. The van der Waals surface area contributed by atoms with Crippen LogP contribution >= 0.6 is 0 Å². The van der Waals surface area contributed by atoms with Crippen molar-refractivity contribution >= 4 is 23.5 Å². The van der Waals surface area contributed by atoms with Gasteiger partial charge in [0.2, 0.25) is 0 Å². The lowest BCUT2D eigenvalue weighted by Crippen LogP contribution is -2.46. The number of hydrogen-bond donors (Lipinski definition) is 3. The van der Waals surface area contributed by atoms with E-state index in [0.29, 0.717) is 43.5 Å². The molecule has 1 heterocycles. The number of rotatable bonds is 6. The van der Waals surface area contributed by atoms with Gasteiger partial charge < -0.3 is 25.6 Å². The summed E-state index contributed by atoms with van der Waals surface area (Å²) >= 11 is 0. The van der Waals surface area contributed by atoms with E-state index in [0.717, 1.165) is 12.8 Å². The third-order valence-electron chi connectivity index (χ3n) is 4.68. The Morgan fingerprint density at radius 1 is 1.11 bits per heavy atom. The van der Waals surface area contributed by atoms with Crippen LogP contribution in [0.15, 0.2) is 24.3 Å². The largest absolute Gasteiger partial charge is 0.495 e. The molecule has 3 N–H and O–H groups in total. The second kappa shape index (κ2) is 10.5. The fourth-order valence-electron chi connectivity index (χ4n) is 2.98. The first-order valence-corrected chi connectivity index (χ1v) is 9.65. The second-order valence-electron chi connectivity index (χ2n) is 7.37. The molecular weight excluding hydrogens is 360 g/mol. The van der Waals surface area contributed by atoms with E-state index >= 15 is 0 Å². The van der Waals surface area contributed by atoms with Crippen molar-refractivity contribution in [3.63, 3.8) is 0 Å². The van der Waals surface area contributed by atoms with Crippen molar-refractivity contribution in [3.8, 4) is 5.75 Å². The maximum Gasteiger partial charge on any atom is 0.321 e. The predicted octanol–water partition coefficient (Wildman–Crippen LogP) is 1.83. The molecule has 28 heavy (non-hydrogen) atoms. The van der Waals surface area contributed by atoms with E-state index in [1.54, 1.807) is 24.1 Å². The molecule has 1 aliphatic rings. The van der Waals surface area contributed by atoms with E-state index in [-0.39, 0.29) is 11.9 Å². The number of carbonyl (C=O) groups is 3. The molecule has 2 rings (SSSR count). The van der Waals surface area contributed by atoms with Gasteiger partial charge in [-0.25, -0.2) is 4.79 Å². The Bertz CT molecular complexity index is 685. The topological polar surface area (TPSA) is 99.8 Å². The van der Waals surface area contributed by atoms with Crippen LogP contribution in [0.3, 0.4) is 0 Å². The van der Waals surface area contributed by atoms with Crippen molar-refractivity contribution in [2.24, 2.45) is 11.8 Å². The molecule has 0 atom stereocenters. The minimum atomic E-state index is -0.600. The van der Waals surface area contributed by atoms with Crippen molar-refractivity contribution in [2.75, 3.05) is 38.6 Å². The number of ether oxygens (including phenoxy) is 1. The Kier molecular flexibility index (Phi) is 8.10. The Morgan fingerprint density at radius 2 is 1.75 bits per heavy atom. The van der Waals surface area contributed by atoms with Gasteiger partial charge in [0.05, 0.1) is 12.8 Å². The Morgan fingerprint density at radius 3 is 2.39 bits per heavy atom. The van der Waals surface area contributed by atoms with Gasteiger partial charge in [-0.15, -0.1) is 0 Å². The first-order valence-electron chi connectivity index (χ1n) is 9.65. The van der Waals surface area contributed by atoms with Crippen LogP contribution in [0.25, 0.3) is 0 Å². The third kappa shape index (κ3) is 6.44. The minimum absolute atomic E-state index is 0.167. The summed E-state index contributed by atoms with van der Waals surface area (Å²) in [4.78, 5) is 37.7. The number of amides is 4. The van der Waals surface area contributed by atoms with Gasteiger partial charge in [-0.3, -0.25) is 9.59 Å². The molecule has 8 heteroatoms. The van der Waals surface area contributed by atoms with Gasteiger partial charge in [0.25, 0.3) is 0 Å². The molecule has 1 saturated heterocycles. The zero-order valence-corrected chi connectivity index (χ0v) is 16.8. The fourth-order valence-corrected chi connectivity index (χ4v) is 2.98. The molecule has 0 unspecified atom stereocenters. The average Bonchev–Trinajstić information content (AvgIpc) is 2.70. The van der Waals surface area contributed by atoms with Gasteiger partial charge in [0, 0.05) is 26.2 Å². The first-order chi connectivity index (χ1) is 13.4. The molecule has 0 spiro atoms. The van der Waals surface area contributed by atoms with Crippen LogP contribution in [0.2, 0.25) is 0 Å². The third-order valence-corrected chi connectivity index (χ3v) is 4.68. The number of anilines is 1. The molecule has 0 bridgehead atoms. The molecule has 8 nitrogen and oxygen atoms in total. The van der Waals surface area contributed by atoms with Crippen molar-refractivity contribution in [2.45, 2.75) is 26.7 Å². The zero-order chi connectivity index (χ0) is 20.5. The minimum Gasteiger partial charge on any atom is -0.495 e. The summed E-state index contributed by atoms with van der Waals surface area (Å²) in [6.45, 7) is 6.05. The van der Waals surface area contributed by atoms with Crippen molar-refractivity contribution in [3.05, 3.63) is 24.3 Å². The van der Waals surface area contributed by atoms with Gasteiger partial charge in [-0.05, 0) is 36.8 Å². The summed E-state index contributed by atoms with van der Waals surface area (Å²) in [7, 11) is 1.56. The van der Waals surface area contributed by atoms with Crippen LogP contribution in [0, 0.1) is 11.8 Å². The molecule has 0 saturated carbocycles. The van der Waals surface area contributed by atoms with Gasteiger partial charge in [-0.1, -0.05) is 26.0 Å². The number of piperidine rings is 1. The molecule has 1 fully saturated rings. The monoisotopic (exact) mass is 390 g/mol. The van der Waals surface area contributed by atoms with Crippen molar-refractivity contribution in [1.82, 2.24) is 15.5 Å². The molecule has 1 aromatic rings. The van der Waals surface area contributed by atoms with Gasteiger partial charge in [0.1, 0.15) is 5.75 Å². The lowest BCUT2D eigenvalue weighted by Gasteiger charge is -2.32. The first kappa shape index (κ1) is 21.5. The molecule has 0 aliphatic carbocycles. The molecule has 0 aromatic heterocycles. The summed E-state index contributed by atoms with van der Waals surface area (Å²) in [5.41, 5.74) is 0.636. The van der Waals surface area contributed by atoms with Crippen molar-refractivity contribution in [1.29, 1.82) is 0 Å². The lowest BCUT2D eigenvalue weighted by atomic mass is 9.97. The number of likely N-dealkylation sites (tertiary alicyclic amines) is 1. The second-order valence-corrected chi connectivity index (χ2v) is 7.37. The fraction of sp³-hybridized carbons (Fsp3) is 0.550. The summed E-state index contributed by atoms with van der Waals surface area (Å²) in [6.07, 6.45) is 1.54. The highest BCUT2D eigenvalue weighted by molar-refractivity contribution is 6.35. The standard InChI is InChI=1S/C20H30N4O4/c1-14(2)12-21-18(25)19(26)22-13-15-8-10-24(11-9-15)20(27)23-16-6-4-5-7-17(16)28-3/h4-7,14-15H,8-13H2,1-3H3,(H,21,25)(H,22,26)(H,23,27). The number of carbonyl (C=O) groups excluding carboxylic acids is 3. The number of nitrogens with one attached hydrogen (secondary N) is 3. The number of nitrogens with zero attached hydrogens (tertiary/aromatic N) is 1. The van der Waals surface area contributed by atoms with E-state index < -0.39 is 11.8 Å². The van der Waals surface area contributed by atoms with Gasteiger partial charge >= 0.3 is 17.8 Å². The lowest BCUT2D eigenvalue weighted by molar-refractivity contribution is -0.139. The van der Waals surface area contributed by atoms with E-state index in [9.17, 15) is 14.4 Å². The number of benzene rings is 1. The van der Waals surface area contributed by atoms with Crippen LogP contribution in [0.5, 0.6) is 5.75 Å². The number of urea groups is 1. The Labute approximate surface area is 166 Å². The van der Waals surface area contributed by atoms with Gasteiger partial charge in [0.15, 0.2) is 0 Å². The highest BCUT2D eigenvalue weighted by atomic mass is 16.5. The van der Waals surface area contributed by atoms with Gasteiger partial charge in [-0.2, -0.15) is 0 Å². The average molecular weight is 390 g/mol. The molecule has 1 aliphatic heterocycles. The van der Waals surface area contributed by atoms with E-state index in [1.807, 2.05) is 26.0 Å². The van der Waals surface area contributed by atoms with Crippen molar-refractivity contribution < 1.29 is 19.1 Å². The summed E-state index contributed by atoms with van der Waals surface area (Å²) in [5, 5.41) is 8.16. The van der Waals surface area contributed by atoms with Crippen LogP contribution in [0.1, 0.15) is 26.7 Å². The zero-order valence-electron chi connectivity index (χ0n) is 16.8. The Hall–Kier alpha value is -2.77. The molecular formula is C20H30N4O4. The molecule has 1 aromatic carbocycles. The molecule has 0 radical (unpaired) electrons. The highest BCUT2D eigenvalue weighted by Gasteiger charge is 2.24. The quantitative estimate of drug-likeness (QED) is 0.645. The van der Waals surface area contributed by atoms with Crippen LogP contribution in [-0.2, 0) is 9.59 Å². The van der Waals surface area contributed by atoms with E-state index in [2.05, 4.69) is 16.0 Å². The number of para-hydroxylation sites is 2. The van der Waals surface area contributed by atoms with E-state index in [1.165, 1.54) is 0 Å². The SMILES string of the molecule is COc1ccccc1NC(=O)N1CCC(CNC(=O)C(=O)NCC(C)C)CC1. The predicted molar refractivity (Wildman–Crippen MR) is 107 cm³/mol. The maximum absolute atomic E-state index is 12.5. The Balaban J connectivity index is 1.73. The maximum atomic E-state index is 12.5. The van der Waals surface area contributed by atoms with E-state index in [4.69, 9.17) is 4.74 Å². The molecule has 4 amide bonds.